The minimum Gasteiger partial charge on any atom is -0.493 e. The van der Waals surface area contributed by atoms with Crippen molar-refractivity contribution in [3.05, 3.63) is 29.3 Å². The molecule has 1 aromatic rings. The van der Waals surface area contributed by atoms with Crippen LogP contribution in [-0.4, -0.2) is 36.5 Å². The quantitative estimate of drug-likeness (QED) is 0.331. The van der Waals surface area contributed by atoms with Gasteiger partial charge in [-0.1, -0.05) is 32.4 Å². The number of imide groups is 1. The number of Topliss-reactive ketones (excluding diaryl/α,β-unsaturated/α-hetero) is 2. The second-order valence-corrected chi connectivity index (χ2v) is 7.93. The number of nitrogens with two attached hydrogens (primary N) is 1. The third kappa shape index (κ3) is 8.61. The molecule has 0 bridgehead atoms. The van der Waals surface area contributed by atoms with Crippen molar-refractivity contribution in [3.8, 4) is 5.75 Å². The van der Waals surface area contributed by atoms with Crippen LogP contribution < -0.4 is 15.8 Å². The maximum Gasteiger partial charge on any atom is 0.229 e. The largest absolute Gasteiger partial charge is 0.493 e. The van der Waals surface area contributed by atoms with Crippen LogP contribution >= 0.6 is 0 Å². The fourth-order valence-electron chi connectivity index (χ4n) is 3.45. The molecule has 0 aliphatic carbocycles. The molecule has 2 atom stereocenters. The van der Waals surface area contributed by atoms with Gasteiger partial charge in [0, 0.05) is 17.9 Å². The number of hydrogen-bond acceptors (Lipinski definition) is 6. The molecule has 172 valence electrons. The Labute approximate surface area is 185 Å². The second kappa shape index (κ2) is 13.7. The van der Waals surface area contributed by atoms with E-state index in [9.17, 15) is 19.2 Å². The van der Waals surface area contributed by atoms with Crippen molar-refractivity contribution in [1.29, 1.82) is 0 Å². The Kier molecular flexibility index (Phi) is 11.7. The number of carbonyl (C=O) groups excluding carboxylic acids is 4. The van der Waals surface area contributed by atoms with Crippen LogP contribution in [0, 0.1) is 11.8 Å². The van der Waals surface area contributed by atoms with Gasteiger partial charge in [-0.25, -0.2) is 0 Å². The SMILES string of the molecule is CC(=O)c1cccc(OCCCCCN)c1C(C)=O.CCC(C)C1CCC(=O)NC1=O. The van der Waals surface area contributed by atoms with Crippen molar-refractivity contribution < 1.29 is 23.9 Å². The minimum atomic E-state index is -0.150. The molecule has 1 fully saturated rings. The van der Waals surface area contributed by atoms with Crippen molar-refractivity contribution in [1.82, 2.24) is 5.32 Å². The molecule has 1 aromatic carbocycles. The van der Waals surface area contributed by atoms with E-state index in [2.05, 4.69) is 19.2 Å². The molecule has 3 N–H and O–H groups in total. The number of piperidine rings is 1. The number of unbranched alkanes of at least 4 members (excludes halogenated alkanes) is 2. The van der Waals surface area contributed by atoms with Crippen molar-refractivity contribution in [2.45, 2.75) is 66.2 Å². The summed E-state index contributed by atoms with van der Waals surface area (Å²) in [6, 6.07) is 5.12. The minimum absolute atomic E-state index is 0.0488. The Balaban J connectivity index is 0.000000343. The Morgan fingerprint density at radius 1 is 1.16 bits per heavy atom. The van der Waals surface area contributed by atoms with Crippen LogP contribution in [0.15, 0.2) is 18.2 Å². The number of carbonyl (C=O) groups is 4. The summed E-state index contributed by atoms with van der Waals surface area (Å²) in [7, 11) is 0. The summed E-state index contributed by atoms with van der Waals surface area (Å²) in [4.78, 5) is 45.3. The van der Waals surface area contributed by atoms with Crippen LogP contribution in [0.2, 0.25) is 0 Å². The first-order chi connectivity index (χ1) is 14.7. The zero-order valence-electron chi connectivity index (χ0n) is 19.2. The van der Waals surface area contributed by atoms with Gasteiger partial charge in [-0.05, 0) is 58.1 Å². The molecule has 0 aromatic heterocycles. The first-order valence-corrected chi connectivity index (χ1v) is 11.0. The highest BCUT2D eigenvalue weighted by Crippen LogP contribution is 2.24. The van der Waals surface area contributed by atoms with Gasteiger partial charge in [-0.15, -0.1) is 0 Å². The van der Waals surface area contributed by atoms with Gasteiger partial charge in [0.15, 0.2) is 11.6 Å². The summed E-state index contributed by atoms with van der Waals surface area (Å²) >= 11 is 0. The second-order valence-electron chi connectivity index (χ2n) is 7.93. The maximum atomic E-state index is 11.7. The average Bonchev–Trinajstić information content (AvgIpc) is 2.73. The predicted molar refractivity (Wildman–Crippen MR) is 120 cm³/mol. The summed E-state index contributed by atoms with van der Waals surface area (Å²) in [5.41, 5.74) is 6.22. The Morgan fingerprint density at radius 2 is 1.87 bits per heavy atom. The van der Waals surface area contributed by atoms with Crippen molar-refractivity contribution in [2.24, 2.45) is 17.6 Å². The maximum absolute atomic E-state index is 11.7. The van der Waals surface area contributed by atoms with Crippen LogP contribution in [0.3, 0.4) is 0 Å². The number of amides is 2. The van der Waals surface area contributed by atoms with E-state index in [1.165, 1.54) is 13.8 Å². The number of rotatable bonds is 10. The molecule has 1 aliphatic heterocycles. The highest BCUT2D eigenvalue weighted by atomic mass is 16.5. The number of benzene rings is 1. The molecule has 2 rings (SSSR count). The Hall–Kier alpha value is -2.54. The normalized spacial score (nSPS) is 16.6. The van der Waals surface area contributed by atoms with Gasteiger partial charge in [0.2, 0.25) is 11.8 Å². The van der Waals surface area contributed by atoms with Gasteiger partial charge in [-0.3, -0.25) is 24.5 Å². The van der Waals surface area contributed by atoms with Gasteiger partial charge >= 0.3 is 0 Å². The molecule has 7 nitrogen and oxygen atoms in total. The molecular weight excluding hydrogens is 396 g/mol. The van der Waals surface area contributed by atoms with E-state index in [1.807, 2.05) is 0 Å². The highest BCUT2D eigenvalue weighted by Gasteiger charge is 2.29. The van der Waals surface area contributed by atoms with E-state index < -0.39 is 0 Å². The lowest BCUT2D eigenvalue weighted by atomic mass is 9.85. The molecule has 0 saturated carbocycles. The third-order valence-corrected chi connectivity index (χ3v) is 5.48. The number of ether oxygens (including phenoxy) is 1. The van der Waals surface area contributed by atoms with Gasteiger partial charge < -0.3 is 10.5 Å². The van der Waals surface area contributed by atoms with E-state index in [1.54, 1.807) is 18.2 Å². The van der Waals surface area contributed by atoms with Gasteiger partial charge in [0.25, 0.3) is 0 Å². The summed E-state index contributed by atoms with van der Waals surface area (Å²) in [5.74, 6) is 0.445. The lowest BCUT2D eigenvalue weighted by Gasteiger charge is -2.25. The van der Waals surface area contributed by atoms with Crippen LogP contribution in [0.25, 0.3) is 0 Å². The zero-order valence-corrected chi connectivity index (χ0v) is 19.2. The fraction of sp³-hybridized carbons (Fsp3) is 0.583. The summed E-state index contributed by atoms with van der Waals surface area (Å²) in [6.45, 7) is 8.23. The molecule has 0 spiro atoms. The summed E-state index contributed by atoms with van der Waals surface area (Å²) in [5, 5.41) is 2.37. The van der Waals surface area contributed by atoms with E-state index in [-0.39, 0.29) is 29.3 Å². The summed E-state index contributed by atoms with van der Waals surface area (Å²) < 4.78 is 5.62. The molecule has 1 aliphatic rings. The fourth-order valence-corrected chi connectivity index (χ4v) is 3.45. The molecule has 2 unspecified atom stereocenters. The molecule has 31 heavy (non-hydrogen) atoms. The van der Waals surface area contributed by atoms with Crippen LogP contribution in [0.4, 0.5) is 0 Å². The molecule has 0 radical (unpaired) electrons. The first kappa shape index (κ1) is 26.5. The number of ketones is 2. The van der Waals surface area contributed by atoms with E-state index >= 15 is 0 Å². The monoisotopic (exact) mass is 432 g/mol. The number of hydrogen-bond donors (Lipinski definition) is 2. The number of nitrogens with one attached hydrogen (secondary N) is 1. The predicted octanol–water partition coefficient (Wildman–Crippen LogP) is 3.68. The van der Waals surface area contributed by atoms with Gasteiger partial charge in [0.1, 0.15) is 5.75 Å². The van der Waals surface area contributed by atoms with Crippen molar-refractivity contribution in [3.63, 3.8) is 0 Å². The van der Waals surface area contributed by atoms with Crippen LogP contribution in [0.5, 0.6) is 5.75 Å². The lowest BCUT2D eigenvalue weighted by molar-refractivity contribution is -0.137. The van der Waals surface area contributed by atoms with Crippen LogP contribution in [-0.2, 0) is 9.59 Å². The zero-order chi connectivity index (χ0) is 23.4. The first-order valence-electron chi connectivity index (χ1n) is 11.0. The van der Waals surface area contributed by atoms with Crippen molar-refractivity contribution in [2.75, 3.05) is 13.2 Å². The van der Waals surface area contributed by atoms with Crippen LogP contribution in [0.1, 0.15) is 86.9 Å². The highest BCUT2D eigenvalue weighted by molar-refractivity contribution is 6.09. The molecular formula is C24H36N2O5. The van der Waals surface area contributed by atoms with Crippen molar-refractivity contribution >= 4 is 23.4 Å². The average molecular weight is 433 g/mol. The van der Waals surface area contributed by atoms with Gasteiger partial charge in [0.05, 0.1) is 12.2 Å². The standard InChI is InChI=1S/C15H21NO3.C9H15NO2/c1-11(17)13-7-6-8-14(15(13)12(2)18)19-10-5-3-4-9-16;1-3-6(2)7-4-5-8(11)10-9(7)12/h6-8H,3-5,9-10,16H2,1-2H3;6-7H,3-5H2,1-2H3,(H,10,11,12). The molecule has 7 heteroatoms. The van der Waals surface area contributed by atoms with E-state index in [0.717, 1.165) is 32.1 Å². The van der Waals surface area contributed by atoms with E-state index in [0.29, 0.717) is 42.4 Å². The Bertz CT molecular complexity index is 775. The third-order valence-electron chi connectivity index (χ3n) is 5.48. The molecule has 1 heterocycles. The van der Waals surface area contributed by atoms with Gasteiger partial charge in [-0.2, -0.15) is 0 Å². The van der Waals surface area contributed by atoms with E-state index in [4.69, 9.17) is 10.5 Å². The summed E-state index contributed by atoms with van der Waals surface area (Å²) in [6.07, 6.45) is 5.07. The Morgan fingerprint density at radius 3 is 2.42 bits per heavy atom. The molecule has 2 amide bonds. The topological polar surface area (TPSA) is 116 Å². The lowest BCUT2D eigenvalue weighted by Crippen LogP contribution is -2.42. The smallest absolute Gasteiger partial charge is 0.229 e. The molecule has 1 saturated heterocycles.